The fourth-order valence-corrected chi connectivity index (χ4v) is 2.03. The molecule has 2 aliphatic heterocycles. The minimum atomic E-state index is -0.542. The lowest BCUT2D eigenvalue weighted by Crippen LogP contribution is -2.20. The quantitative estimate of drug-likeness (QED) is 0.439. The molecule has 2 fully saturated rings. The van der Waals surface area contributed by atoms with Gasteiger partial charge in [0, 0.05) is 0 Å². The molecule has 0 spiro atoms. The van der Waals surface area contributed by atoms with E-state index < -0.39 is 35.7 Å². The minimum absolute atomic E-state index is 0. The molecule has 0 N–H and O–H groups in total. The van der Waals surface area contributed by atoms with Gasteiger partial charge in [-0.1, -0.05) is 39.2 Å². The van der Waals surface area contributed by atoms with Crippen LogP contribution < -0.4 is 0 Å². The number of hydrogen-bond acceptors (Lipinski definition) is 6. The van der Waals surface area contributed by atoms with Gasteiger partial charge in [0.15, 0.2) is 0 Å². The van der Waals surface area contributed by atoms with Gasteiger partial charge in [-0.15, -0.1) is 13.2 Å². The van der Waals surface area contributed by atoms with E-state index in [-0.39, 0.29) is 26.7 Å². The molecule has 0 aromatic rings. The number of cyclic esters (lactones) is 4. The SMILES string of the molecule is C.C.C=CC1C(=O)OC(=O)C1C=C.O=C1OC(=O)C2C=CC12. The predicted octanol–water partition coefficient (Wildman–Crippen LogP) is 1.82. The van der Waals surface area contributed by atoms with E-state index in [0.29, 0.717) is 0 Å². The number of esters is 4. The van der Waals surface area contributed by atoms with E-state index in [1.165, 1.54) is 12.2 Å². The topological polar surface area (TPSA) is 86.7 Å². The van der Waals surface area contributed by atoms with Crippen molar-refractivity contribution in [2.75, 3.05) is 0 Å². The zero-order valence-electron chi connectivity index (χ0n) is 10.5. The first kappa shape index (κ1) is 19.5. The second-order valence-corrected chi connectivity index (χ2v) is 4.44. The standard InChI is InChI=1S/C8H8O3.C6H4O3.2CH4/c1-3-5-6(4-2)8(10)11-7(5)9;7-5-3-1-2-4(3)6(8)9-5;;/h3-6H,1-2H2;1-4H;2*1H4. The summed E-state index contributed by atoms with van der Waals surface area (Å²) < 4.78 is 8.66. The Morgan fingerprint density at radius 2 is 1.05 bits per heavy atom. The third-order valence-corrected chi connectivity index (χ3v) is 3.30. The van der Waals surface area contributed by atoms with Crippen LogP contribution in [0.4, 0.5) is 0 Å². The summed E-state index contributed by atoms with van der Waals surface area (Å²) in [6, 6.07) is 0. The Kier molecular flexibility index (Phi) is 6.64. The van der Waals surface area contributed by atoms with Crippen molar-refractivity contribution in [3.8, 4) is 0 Å². The lowest BCUT2D eigenvalue weighted by molar-refractivity contribution is -0.154. The largest absolute Gasteiger partial charge is 0.392 e. The summed E-state index contributed by atoms with van der Waals surface area (Å²) in [4.78, 5) is 42.7. The summed E-state index contributed by atoms with van der Waals surface area (Å²) in [5, 5.41) is 0. The minimum Gasteiger partial charge on any atom is -0.392 e. The summed E-state index contributed by atoms with van der Waals surface area (Å²) in [5.74, 6) is -3.44. The van der Waals surface area contributed by atoms with E-state index in [9.17, 15) is 19.2 Å². The van der Waals surface area contributed by atoms with Crippen molar-refractivity contribution in [1.29, 1.82) is 0 Å². The van der Waals surface area contributed by atoms with Crippen LogP contribution in [0, 0.1) is 23.7 Å². The van der Waals surface area contributed by atoms with Gasteiger partial charge in [-0.3, -0.25) is 19.2 Å². The fraction of sp³-hybridized carbons (Fsp3) is 0.375. The normalized spacial score (nSPS) is 30.4. The fourth-order valence-electron chi connectivity index (χ4n) is 2.03. The first-order valence-electron chi connectivity index (χ1n) is 5.94. The first-order chi connectivity index (χ1) is 9.49. The lowest BCUT2D eigenvalue weighted by Gasteiger charge is -2.12. The van der Waals surface area contributed by atoms with Crippen molar-refractivity contribution in [1.82, 2.24) is 0 Å². The second kappa shape index (κ2) is 7.49. The van der Waals surface area contributed by atoms with E-state index in [2.05, 4.69) is 22.6 Å². The lowest BCUT2D eigenvalue weighted by atomic mass is 9.85. The monoisotopic (exact) mass is 308 g/mol. The summed E-state index contributed by atoms with van der Waals surface area (Å²) in [6.07, 6.45) is 6.19. The molecule has 0 aromatic carbocycles. The highest BCUT2D eigenvalue weighted by molar-refractivity contribution is 6.00. The molecule has 0 amide bonds. The molecule has 6 heteroatoms. The molecule has 0 saturated carbocycles. The summed E-state index contributed by atoms with van der Waals surface area (Å²) in [5.41, 5.74) is 0. The van der Waals surface area contributed by atoms with Crippen molar-refractivity contribution in [3.05, 3.63) is 37.5 Å². The Morgan fingerprint density at radius 1 is 0.727 bits per heavy atom. The van der Waals surface area contributed by atoms with Crippen LogP contribution in [0.3, 0.4) is 0 Å². The number of ether oxygens (including phenoxy) is 2. The third-order valence-electron chi connectivity index (χ3n) is 3.30. The van der Waals surface area contributed by atoms with Crippen molar-refractivity contribution >= 4 is 23.9 Å². The van der Waals surface area contributed by atoms with Gasteiger partial charge in [-0.05, 0) is 0 Å². The van der Waals surface area contributed by atoms with Gasteiger partial charge in [0.1, 0.15) is 0 Å². The highest BCUT2D eigenvalue weighted by Gasteiger charge is 2.45. The average Bonchev–Trinajstić information content (AvgIpc) is 2.70. The molecule has 0 aromatic heterocycles. The maximum atomic E-state index is 10.8. The average molecular weight is 308 g/mol. The molecule has 2 saturated heterocycles. The number of carbonyl (C=O) groups excluding carboxylic acids is 4. The van der Waals surface area contributed by atoms with Crippen LogP contribution in [0.25, 0.3) is 0 Å². The van der Waals surface area contributed by atoms with Crippen LogP contribution in [0.15, 0.2) is 37.5 Å². The Bertz CT molecular complexity index is 499. The molecular weight excluding hydrogens is 288 g/mol. The summed E-state index contributed by atoms with van der Waals surface area (Å²) in [6.45, 7) is 6.85. The molecule has 120 valence electrons. The molecule has 1 aliphatic carbocycles. The molecule has 2 heterocycles. The van der Waals surface area contributed by atoms with Gasteiger partial charge >= 0.3 is 23.9 Å². The molecule has 0 radical (unpaired) electrons. The third kappa shape index (κ3) is 3.21. The van der Waals surface area contributed by atoms with Gasteiger partial charge in [-0.25, -0.2) is 0 Å². The molecule has 6 nitrogen and oxygen atoms in total. The van der Waals surface area contributed by atoms with Crippen LogP contribution in [0.5, 0.6) is 0 Å². The molecule has 3 aliphatic rings. The van der Waals surface area contributed by atoms with Gasteiger partial charge in [0.05, 0.1) is 23.7 Å². The van der Waals surface area contributed by atoms with Gasteiger partial charge in [-0.2, -0.15) is 0 Å². The van der Waals surface area contributed by atoms with Crippen molar-refractivity contribution in [2.45, 2.75) is 14.9 Å². The Hall–Kier alpha value is -2.50. The van der Waals surface area contributed by atoms with E-state index in [4.69, 9.17) is 0 Å². The van der Waals surface area contributed by atoms with Gasteiger partial charge in [0.2, 0.25) is 0 Å². The highest BCUT2D eigenvalue weighted by atomic mass is 16.6. The van der Waals surface area contributed by atoms with E-state index in [0.717, 1.165) is 0 Å². The summed E-state index contributed by atoms with van der Waals surface area (Å²) in [7, 11) is 0. The summed E-state index contributed by atoms with van der Waals surface area (Å²) >= 11 is 0. The van der Waals surface area contributed by atoms with Crippen molar-refractivity contribution in [2.24, 2.45) is 23.7 Å². The van der Waals surface area contributed by atoms with Crippen LogP contribution in [0.2, 0.25) is 0 Å². The Morgan fingerprint density at radius 3 is 1.27 bits per heavy atom. The van der Waals surface area contributed by atoms with Gasteiger partial charge < -0.3 is 9.47 Å². The Balaban J connectivity index is 0.000000372. The number of rotatable bonds is 2. The van der Waals surface area contributed by atoms with Crippen molar-refractivity contribution < 1.29 is 28.7 Å². The Labute approximate surface area is 129 Å². The molecule has 4 atom stereocenters. The maximum Gasteiger partial charge on any atom is 0.321 e. The van der Waals surface area contributed by atoms with E-state index in [1.807, 2.05) is 0 Å². The molecular formula is C16H20O6. The van der Waals surface area contributed by atoms with E-state index >= 15 is 0 Å². The molecule has 22 heavy (non-hydrogen) atoms. The van der Waals surface area contributed by atoms with Crippen LogP contribution in [-0.4, -0.2) is 23.9 Å². The van der Waals surface area contributed by atoms with Crippen LogP contribution in [-0.2, 0) is 28.7 Å². The van der Waals surface area contributed by atoms with Crippen LogP contribution in [0.1, 0.15) is 14.9 Å². The highest BCUT2D eigenvalue weighted by Crippen LogP contribution is 2.33. The number of hydrogen-bond donors (Lipinski definition) is 0. The second-order valence-electron chi connectivity index (χ2n) is 4.44. The molecule has 3 rings (SSSR count). The zero-order chi connectivity index (χ0) is 14.9. The van der Waals surface area contributed by atoms with E-state index in [1.54, 1.807) is 12.2 Å². The first-order valence-corrected chi connectivity index (χ1v) is 5.94. The predicted molar refractivity (Wildman–Crippen MR) is 79.2 cm³/mol. The van der Waals surface area contributed by atoms with Gasteiger partial charge in [0.25, 0.3) is 0 Å². The zero-order valence-corrected chi connectivity index (χ0v) is 10.5. The molecule has 4 unspecified atom stereocenters. The molecule has 0 bridgehead atoms. The number of fused-ring (bicyclic) bond motifs is 1. The maximum absolute atomic E-state index is 10.8. The van der Waals surface area contributed by atoms with Crippen LogP contribution >= 0.6 is 0 Å². The smallest absolute Gasteiger partial charge is 0.321 e. The number of carbonyl (C=O) groups is 4. The van der Waals surface area contributed by atoms with Crippen molar-refractivity contribution in [3.63, 3.8) is 0 Å².